The number of hydrogen-bond donors (Lipinski definition) is 0. The zero-order valence-corrected chi connectivity index (χ0v) is 11.8. The van der Waals surface area contributed by atoms with Crippen LogP contribution in [0.25, 0.3) is 0 Å². The van der Waals surface area contributed by atoms with E-state index in [9.17, 15) is 0 Å². The Morgan fingerprint density at radius 3 is 2.65 bits per heavy atom. The highest BCUT2D eigenvalue weighted by Gasteiger charge is 1.99. The first-order valence-corrected chi connectivity index (χ1v) is 6.89. The Morgan fingerprint density at radius 2 is 1.94 bits per heavy atom. The molecule has 17 heavy (non-hydrogen) atoms. The van der Waals surface area contributed by atoms with Gasteiger partial charge < -0.3 is 4.74 Å². The fourth-order valence-corrected chi connectivity index (χ4v) is 2.08. The second kappa shape index (κ2) is 8.14. The van der Waals surface area contributed by atoms with E-state index < -0.39 is 0 Å². The SMILES string of the molecule is CCCCCCCOc1cc(Br)cc(C#N)c1. The Morgan fingerprint density at radius 1 is 1.18 bits per heavy atom. The van der Waals surface area contributed by atoms with Gasteiger partial charge in [-0.2, -0.15) is 5.26 Å². The van der Waals surface area contributed by atoms with Crippen LogP contribution in [-0.2, 0) is 0 Å². The monoisotopic (exact) mass is 295 g/mol. The normalized spacial score (nSPS) is 9.94. The quantitative estimate of drug-likeness (QED) is 0.685. The number of benzene rings is 1. The number of unbranched alkanes of at least 4 members (excludes halogenated alkanes) is 4. The summed E-state index contributed by atoms with van der Waals surface area (Å²) in [6.07, 6.45) is 6.14. The highest BCUT2D eigenvalue weighted by Crippen LogP contribution is 2.21. The van der Waals surface area contributed by atoms with Crippen LogP contribution in [0.2, 0.25) is 0 Å². The molecule has 2 nitrogen and oxygen atoms in total. The van der Waals surface area contributed by atoms with E-state index >= 15 is 0 Å². The average molecular weight is 296 g/mol. The van der Waals surface area contributed by atoms with Gasteiger partial charge in [-0.3, -0.25) is 0 Å². The lowest BCUT2D eigenvalue weighted by atomic mass is 10.2. The Balaban J connectivity index is 2.32. The topological polar surface area (TPSA) is 33.0 Å². The van der Waals surface area contributed by atoms with Crippen molar-refractivity contribution in [3.63, 3.8) is 0 Å². The summed E-state index contributed by atoms with van der Waals surface area (Å²) in [7, 11) is 0. The summed E-state index contributed by atoms with van der Waals surface area (Å²) in [5.74, 6) is 0.770. The van der Waals surface area contributed by atoms with Gasteiger partial charge in [-0.05, 0) is 24.6 Å². The number of nitrogens with zero attached hydrogens (tertiary/aromatic N) is 1. The number of ether oxygens (including phenoxy) is 1. The molecule has 0 saturated carbocycles. The summed E-state index contributed by atoms with van der Waals surface area (Å²) in [6.45, 7) is 2.94. The van der Waals surface area contributed by atoms with Crippen molar-refractivity contribution >= 4 is 15.9 Å². The highest BCUT2D eigenvalue weighted by atomic mass is 79.9. The molecule has 0 unspecified atom stereocenters. The standard InChI is InChI=1S/C14H18BrNO/c1-2-3-4-5-6-7-17-14-9-12(11-16)8-13(15)10-14/h8-10H,2-7H2,1H3. The second-order valence-electron chi connectivity index (χ2n) is 4.05. The summed E-state index contributed by atoms with van der Waals surface area (Å²) in [5.41, 5.74) is 0.625. The van der Waals surface area contributed by atoms with E-state index in [1.165, 1.54) is 25.7 Å². The predicted octanol–water partition coefficient (Wildman–Crippen LogP) is 4.67. The van der Waals surface area contributed by atoms with Crippen molar-refractivity contribution in [2.75, 3.05) is 6.61 Å². The average Bonchev–Trinajstić information content (AvgIpc) is 2.33. The molecule has 0 radical (unpaired) electrons. The first-order valence-electron chi connectivity index (χ1n) is 6.09. The van der Waals surface area contributed by atoms with Gasteiger partial charge in [-0.1, -0.05) is 48.5 Å². The van der Waals surface area contributed by atoms with Crippen LogP contribution < -0.4 is 4.74 Å². The lowest BCUT2D eigenvalue weighted by molar-refractivity contribution is 0.304. The first kappa shape index (κ1) is 14.1. The van der Waals surface area contributed by atoms with E-state index in [1.54, 1.807) is 12.1 Å². The van der Waals surface area contributed by atoms with Crippen LogP contribution in [0, 0.1) is 11.3 Å². The molecule has 0 spiro atoms. The van der Waals surface area contributed by atoms with Crippen LogP contribution in [-0.4, -0.2) is 6.61 Å². The Bertz CT molecular complexity index is 384. The molecule has 0 bridgehead atoms. The van der Waals surface area contributed by atoms with Crippen molar-refractivity contribution in [2.45, 2.75) is 39.0 Å². The molecule has 1 rings (SSSR count). The van der Waals surface area contributed by atoms with E-state index in [0.29, 0.717) is 5.56 Å². The van der Waals surface area contributed by atoms with Gasteiger partial charge in [0.05, 0.1) is 18.2 Å². The number of rotatable bonds is 7. The van der Waals surface area contributed by atoms with Gasteiger partial charge in [0.25, 0.3) is 0 Å². The summed E-state index contributed by atoms with van der Waals surface area (Å²) >= 11 is 3.37. The molecule has 92 valence electrons. The van der Waals surface area contributed by atoms with Gasteiger partial charge in [0.15, 0.2) is 0 Å². The molecule has 0 atom stereocenters. The minimum Gasteiger partial charge on any atom is -0.494 e. The first-order chi connectivity index (χ1) is 8.26. The van der Waals surface area contributed by atoms with Crippen LogP contribution in [0.4, 0.5) is 0 Å². The fourth-order valence-electron chi connectivity index (χ4n) is 1.61. The van der Waals surface area contributed by atoms with Crippen molar-refractivity contribution in [1.29, 1.82) is 5.26 Å². The van der Waals surface area contributed by atoms with Gasteiger partial charge in [-0.25, -0.2) is 0 Å². The van der Waals surface area contributed by atoms with Crippen LogP contribution in [0.5, 0.6) is 5.75 Å². The Kier molecular flexibility index (Phi) is 6.73. The maximum Gasteiger partial charge on any atom is 0.121 e. The van der Waals surface area contributed by atoms with Gasteiger partial charge in [0, 0.05) is 4.47 Å². The van der Waals surface area contributed by atoms with Gasteiger partial charge in [0.2, 0.25) is 0 Å². The van der Waals surface area contributed by atoms with Crippen LogP contribution in [0.1, 0.15) is 44.6 Å². The minimum absolute atomic E-state index is 0.625. The van der Waals surface area contributed by atoms with Crippen molar-refractivity contribution in [1.82, 2.24) is 0 Å². The predicted molar refractivity (Wildman–Crippen MR) is 73.1 cm³/mol. The summed E-state index contributed by atoms with van der Waals surface area (Å²) in [4.78, 5) is 0. The highest BCUT2D eigenvalue weighted by molar-refractivity contribution is 9.10. The van der Waals surface area contributed by atoms with Crippen molar-refractivity contribution < 1.29 is 4.74 Å². The maximum absolute atomic E-state index is 8.83. The van der Waals surface area contributed by atoms with Gasteiger partial charge >= 0.3 is 0 Å². The molecule has 0 aromatic heterocycles. The van der Waals surface area contributed by atoms with Crippen molar-refractivity contribution in [2.24, 2.45) is 0 Å². The van der Waals surface area contributed by atoms with E-state index in [2.05, 4.69) is 28.9 Å². The minimum atomic E-state index is 0.625. The summed E-state index contributed by atoms with van der Waals surface area (Å²) in [5, 5.41) is 8.83. The molecule has 1 aromatic rings. The smallest absolute Gasteiger partial charge is 0.121 e. The molecule has 3 heteroatoms. The molecule has 0 saturated heterocycles. The van der Waals surface area contributed by atoms with Crippen LogP contribution in [0.15, 0.2) is 22.7 Å². The lowest BCUT2D eigenvalue weighted by Gasteiger charge is -2.06. The largest absolute Gasteiger partial charge is 0.494 e. The third-order valence-electron chi connectivity index (χ3n) is 2.52. The van der Waals surface area contributed by atoms with Crippen molar-refractivity contribution in [3.05, 3.63) is 28.2 Å². The third-order valence-corrected chi connectivity index (χ3v) is 2.97. The molecule has 0 fully saturated rings. The second-order valence-corrected chi connectivity index (χ2v) is 4.97. The van der Waals surface area contributed by atoms with E-state index in [-0.39, 0.29) is 0 Å². The maximum atomic E-state index is 8.83. The van der Waals surface area contributed by atoms with Gasteiger partial charge in [-0.15, -0.1) is 0 Å². The van der Waals surface area contributed by atoms with Gasteiger partial charge in [0.1, 0.15) is 5.75 Å². The molecule has 0 heterocycles. The lowest BCUT2D eigenvalue weighted by Crippen LogP contribution is -1.97. The Labute approximate surface area is 112 Å². The fraction of sp³-hybridized carbons (Fsp3) is 0.500. The molecule has 0 amide bonds. The summed E-state index contributed by atoms with van der Waals surface area (Å²) in [6, 6.07) is 7.57. The van der Waals surface area contributed by atoms with Crippen LogP contribution in [0.3, 0.4) is 0 Å². The Hall–Kier alpha value is -1.01. The molecular weight excluding hydrogens is 278 g/mol. The molecule has 0 aliphatic heterocycles. The zero-order chi connectivity index (χ0) is 12.5. The number of nitriles is 1. The third kappa shape index (κ3) is 5.74. The number of halogens is 1. The molecule has 0 N–H and O–H groups in total. The van der Waals surface area contributed by atoms with Crippen molar-refractivity contribution in [3.8, 4) is 11.8 Å². The van der Waals surface area contributed by atoms with E-state index in [0.717, 1.165) is 23.2 Å². The van der Waals surface area contributed by atoms with Crippen LogP contribution >= 0.6 is 15.9 Å². The number of hydrogen-bond acceptors (Lipinski definition) is 2. The summed E-state index contributed by atoms with van der Waals surface area (Å²) < 4.78 is 6.52. The van der Waals surface area contributed by atoms with E-state index in [4.69, 9.17) is 10.00 Å². The molecule has 0 aliphatic carbocycles. The zero-order valence-electron chi connectivity index (χ0n) is 10.2. The van der Waals surface area contributed by atoms with E-state index in [1.807, 2.05) is 6.07 Å². The molecule has 1 aromatic carbocycles. The molecular formula is C14H18BrNO. The molecule has 0 aliphatic rings.